The van der Waals surface area contributed by atoms with Crippen molar-refractivity contribution in [2.45, 2.75) is 39.2 Å². The number of amides is 1. The maximum absolute atomic E-state index is 12.3. The SMILES string of the molecule is CCNCCC(=O)N1CCc2sccc2C1CC. The second kappa shape index (κ2) is 6.34. The zero-order valence-corrected chi connectivity index (χ0v) is 12.1. The Morgan fingerprint density at radius 3 is 3.11 bits per heavy atom. The molecule has 1 aliphatic heterocycles. The van der Waals surface area contributed by atoms with Gasteiger partial charge in [-0.3, -0.25) is 4.79 Å². The highest BCUT2D eigenvalue weighted by molar-refractivity contribution is 7.10. The monoisotopic (exact) mass is 266 g/mol. The smallest absolute Gasteiger partial charge is 0.224 e. The molecule has 1 unspecified atom stereocenters. The average Bonchev–Trinajstić information content (AvgIpc) is 2.85. The summed E-state index contributed by atoms with van der Waals surface area (Å²) in [4.78, 5) is 15.8. The van der Waals surface area contributed by atoms with Crippen LogP contribution in [-0.2, 0) is 11.2 Å². The van der Waals surface area contributed by atoms with E-state index >= 15 is 0 Å². The lowest BCUT2D eigenvalue weighted by molar-refractivity contribution is -0.134. The third kappa shape index (κ3) is 2.75. The van der Waals surface area contributed by atoms with Crippen LogP contribution in [0.1, 0.15) is 43.2 Å². The molecule has 18 heavy (non-hydrogen) atoms. The summed E-state index contributed by atoms with van der Waals surface area (Å²) in [6.45, 7) is 6.84. The van der Waals surface area contributed by atoms with E-state index in [-0.39, 0.29) is 0 Å². The van der Waals surface area contributed by atoms with Crippen LogP contribution in [0.2, 0.25) is 0 Å². The first-order valence-electron chi connectivity index (χ1n) is 6.84. The highest BCUT2D eigenvalue weighted by Crippen LogP contribution is 2.35. The van der Waals surface area contributed by atoms with E-state index in [1.54, 1.807) is 0 Å². The molecule has 0 saturated carbocycles. The van der Waals surface area contributed by atoms with Gasteiger partial charge in [0.1, 0.15) is 0 Å². The first-order chi connectivity index (χ1) is 8.77. The van der Waals surface area contributed by atoms with Crippen molar-refractivity contribution in [2.75, 3.05) is 19.6 Å². The molecular formula is C14H22N2OS. The van der Waals surface area contributed by atoms with E-state index in [1.807, 2.05) is 11.3 Å². The van der Waals surface area contributed by atoms with Gasteiger partial charge in [-0.25, -0.2) is 0 Å². The lowest BCUT2D eigenvalue weighted by Crippen LogP contribution is -2.40. The molecule has 1 aliphatic rings. The van der Waals surface area contributed by atoms with Crippen molar-refractivity contribution >= 4 is 17.2 Å². The maximum Gasteiger partial charge on any atom is 0.224 e. The minimum absolute atomic E-state index is 0.291. The van der Waals surface area contributed by atoms with E-state index in [0.29, 0.717) is 18.4 Å². The minimum atomic E-state index is 0.291. The number of nitrogens with one attached hydrogen (secondary N) is 1. The highest BCUT2D eigenvalue weighted by atomic mass is 32.1. The lowest BCUT2D eigenvalue weighted by atomic mass is 9.97. The first kappa shape index (κ1) is 13.6. The predicted molar refractivity (Wildman–Crippen MR) is 75.9 cm³/mol. The van der Waals surface area contributed by atoms with Crippen molar-refractivity contribution in [2.24, 2.45) is 0 Å². The Balaban J connectivity index is 2.03. The fraction of sp³-hybridized carbons (Fsp3) is 0.643. The number of carbonyl (C=O) groups is 1. The van der Waals surface area contributed by atoms with Gasteiger partial charge >= 0.3 is 0 Å². The van der Waals surface area contributed by atoms with E-state index in [4.69, 9.17) is 0 Å². The Bertz CT molecular complexity index is 402. The largest absolute Gasteiger partial charge is 0.335 e. The Hall–Kier alpha value is -0.870. The molecule has 1 amide bonds. The molecule has 100 valence electrons. The van der Waals surface area contributed by atoms with E-state index in [9.17, 15) is 4.79 Å². The van der Waals surface area contributed by atoms with Crippen LogP contribution in [0.4, 0.5) is 0 Å². The molecule has 0 bridgehead atoms. The molecule has 0 radical (unpaired) electrons. The van der Waals surface area contributed by atoms with E-state index in [1.165, 1.54) is 10.4 Å². The molecule has 2 heterocycles. The van der Waals surface area contributed by atoms with Gasteiger partial charge in [0.2, 0.25) is 5.91 Å². The number of thiophene rings is 1. The summed E-state index contributed by atoms with van der Waals surface area (Å²) < 4.78 is 0. The van der Waals surface area contributed by atoms with Crippen molar-refractivity contribution in [1.82, 2.24) is 10.2 Å². The van der Waals surface area contributed by atoms with Crippen molar-refractivity contribution in [1.29, 1.82) is 0 Å². The van der Waals surface area contributed by atoms with Crippen LogP contribution in [0.3, 0.4) is 0 Å². The summed E-state index contributed by atoms with van der Waals surface area (Å²) in [6, 6.07) is 2.49. The molecule has 1 aromatic rings. The second-order valence-electron chi connectivity index (χ2n) is 4.66. The van der Waals surface area contributed by atoms with Crippen LogP contribution in [0.15, 0.2) is 11.4 Å². The predicted octanol–water partition coefficient (Wildman–Crippen LogP) is 2.58. The molecule has 0 fully saturated rings. The van der Waals surface area contributed by atoms with Crippen molar-refractivity contribution in [3.8, 4) is 0 Å². The van der Waals surface area contributed by atoms with Gasteiger partial charge in [0, 0.05) is 24.4 Å². The topological polar surface area (TPSA) is 32.3 Å². The van der Waals surface area contributed by atoms with Crippen molar-refractivity contribution in [3.05, 3.63) is 21.9 Å². The molecule has 3 nitrogen and oxygen atoms in total. The number of fused-ring (bicyclic) bond motifs is 1. The molecule has 0 spiro atoms. The van der Waals surface area contributed by atoms with E-state index < -0.39 is 0 Å². The zero-order valence-electron chi connectivity index (χ0n) is 11.2. The normalized spacial score (nSPS) is 18.8. The molecule has 0 aromatic carbocycles. The molecule has 4 heteroatoms. The first-order valence-corrected chi connectivity index (χ1v) is 7.72. The Morgan fingerprint density at radius 2 is 2.39 bits per heavy atom. The summed E-state index contributed by atoms with van der Waals surface area (Å²) in [5.41, 5.74) is 1.38. The fourth-order valence-corrected chi connectivity index (χ4v) is 3.58. The molecule has 1 atom stereocenters. The van der Waals surface area contributed by atoms with Crippen LogP contribution >= 0.6 is 11.3 Å². The van der Waals surface area contributed by atoms with Crippen LogP contribution in [0.5, 0.6) is 0 Å². The van der Waals surface area contributed by atoms with Gasteiger partial charge in [-0.05, 0) is 36.4 Å². The third-order valence-electron chi connectivity index (χ3n) is 3.57. The van der Waals surface area contributed by atoms with Gasteiger partial charge in [-0.2, -0.15) is 0 Å². The summed E-state index contributed by atoms with van der Waals surface area (Å²) in [5.74, 6) is 0.291. The van der Waals surface area contributed by atoms with Gasteiger partial charge in [-0.1, -0.05) is 13.8 Å². The molecule has 2 rings (SSSR count). The number of carbonyl (C=O) groups excluding carboxylic acids is 1. The lowest BCUT2D eigenvalue weighted by Gasteiger charge is -2.35. The van der Waals surface area contributed by atoms with Gasteiger partial charge in [0.25, 0.3) is 0 Å². The molecule has 1 aromatic heterocycles. The molecule has 0 aliphatic carbocycles. The van der Waals surface area contributed by atoms with E-state index in [0.717, 1.165) is 32.5 Å². The van der Waals surface area contributed by atoms with Gasteiger partial charge in [-0.15, -0.1) is 11.3 Å². The number of hydrogen-bond acceptors (Lipinski definition) is 3. The summed E-state index contributed by atoms with van der Waals surface area (Å²) >= 11 is 1.83. The summed E-state index contributed by atoms with van der Waals surface area (Å²) in [7, 11) is 0. The van der Waals surface area contributed by atoms with Gasteiger partial charge < -0.3 is 10.2 Å². The van der Waals surface area contributed by atoms with E-state index in [2.05, 4.69) is 35.5 Å². The van der Waals surface area contributed by atoms with Crippen LogP contribution in [0, 0.1) is 0 Å². The highest BCUT2D eigenvalue weighted by Gasteiger charge is 2.29. The van der Waals surface area contributed by atoms with Crippen molar-refractivity contribution < 1.29 is 4.79 Å². The van der Waals surface area contributed by atoms with Crippen LogP contribution < -0.4 is 5.32 Å². The Labute approximate surface area is 113 Å². The third-order valence-corrected chi connectivity index (χ3v) is 4.56. The van der Waals surface area contributed by atoms with Crippen molar-refractivity contribution in [3.63, 3.8) is 0 Å². The van der Waals surface area contributed by atoms with Crippen LogP contribution in [0.25, 0.3) is 0 Å². The number of hydrogen-bond donors (Lipinski definition) is 1. The summed E-state index contributed by atoms with van der Waals surface area (Å²) in [5, 5.41) is 5.37. The molecular weight excluding hydrogens is 244 g/mol. The average molecular weight is 266 g/mol. The Morgan fingerprint density at radius 1 is 1.56 bits per heavy atom. The minimum Gasteiger partial charge on any atom is -0.335 e. The maximum atomic E-state index is 12.3. The second-order valence-corrected chi connectivity index (χ2v) is 5.66. The van der Waals surface area contributed by atoms with Gasteiger partial charge in [0.05, 0.1) is 6.04 Å². The number of rotatable bonds is 5. The molecule has 1 N–H and O–H groups in total. The van der Waals surface area contributed by atoms with Gasteiger partial charge in [0.15, 0.2) is 0 Å². The Kier molecular flexibility index (Phi) is 4.78. The standard InChI is InChI=1S/C14H22N2OS/c1-3-12-11-7-10-18-13(11)6-9-16(12)14(17)5-8-15-4-2/h7,10,12,15H,3-6,8-9H2,1-2H3. The molecule has 0 saturated heterocycles. The van der Waals surface area contributed by atoms with Crippen LogP contribution in [-0.4, -0.2) is 30.4 Å². The number of nitrogens with zero attached hydrogens (tertiary/aromatic N) is 1. The summed E-state index contributed by atoms with van der Waals surface area (Å²) in [6.07, 6.45) is 2.65. The fourth-order valence-electron chi connectivity index (χ4n) is 2.65. The quantitative estimate of drug-likeness (QED) is 0.831. The zero-order chi connectivity index (χ0) is 13.0.